The molecular formula is C9H10BrClN2O2. The Morgan fingerprint density at radius 2 is 2.13 bits per heavy atom. The lowest BCUT2D eigenvalue weighted by atomic mass is 10.0. The number of halogens is 2. The quantitative estimate of drug-likeness (QED) is 0.769. The molecule has 0 aromatic heterocycles. The third-order valence-corrected chi connectivity index (χ3v) is 2.54. The van der Waals surface area contributed by atoms with Crippen molar-refractivity contribution in [3.05, 3.63) is 27.7 Å². The number of hydrogen-bond donors (Lipinski definition) is 3. The van der Waals surface area contributed by atoms with Crippen molar-refractivity contribution >= 4 is 28.3 Å². The molecule has 1 rings (SSSR count). The molecule has 0 saturated carbocycles. The molecule has 4 N–H and O–H groups in total. The van der Waals surface area contributed by atoms with Crippen molar-refractivity contribution in [1.82, 2.24) is 0 Å². The summed E-state index contributed by atoms with van der Waals surface area (Å²) in [5.74, 6) is -0.177. The number of nitrogens with zero attached hydrogens (tertiary/aromatic N) is 1. The van der Waals surface area contributed by atoms with Crippen LogP contribution in [0.1, 0.15) is 17.2 Å². The van der Waals surface area contributed by atoms with E-state index in [1.54, 1.807) is 6.07 Å². The van der Waals surface area contributed by atoms with Gasteiger partial charge in [-0.15, -0.1) is 12.4 Å². The van der Waals surface area contributed by atoms with E-state index in [1.807, 2.05) is 6.07 Å². The van der Waals surface area contributed by atoms with Gasteiger partial charge in [0.1, 0.15) is 11.8 Å². The van der Waals surface area contributed by atoms with Gasteiger partial charge in [-0.25, -0.2) is 0 Å². The summed E-state index contributed by atoms with van der Waals surface area (Å²) in [6.45, 7) is -0.291. The summed E-state index contributed by atoms with van der Waals surface area (Å²) >= 11 is 3.19. The molecule has 0 radical (unpaired) electrons. The first-order valence-electron chi connectivity index (χ1n) is 3.89. The van der Waals surface area contributed by atoms with Crippen LogP contribution in [-0.2, 0) is 0 Å². The Labute approximate surface area is 102 Å². The van der Waals surface area contributed by atoms with Gasteiger partial charge in [0, 0.05) is 10.0 Å². The zero-order chi connectivity index (χ0) is 10.7. The third-order valence-electron chi connectivity index (χ3n) is 1.85. The average molecular weight is 294 g/mol. The van der Waals surface area contributed by atoms with Gasteiger partial charge in [-0.1, -0.05) is 15.9 Å². The number of aliphatic hydroxyl groups is 1. The van der Waals surface area contributed by atoms with E-state index >= 15 is 0 Å². The fourth-order valence-electron chi connectivity index (χ4n) is 1.12. The smallest absolute Gasteiger partial charge is 0.139 e. The Hall–Kier alpha value is -0.800. The normalized spacial score (nSPS) is 11.3. The minimum atomic E-state index is -0.697. The molecule has 4 nitrogen and oxygen atoms in total. The van der Waals surface area contributed by atoms with Gasteiger partial charge in [0.2, 0.25) is 0 Å². The predicted octanol–water partition coefficient (Wildman–Crippen LogP) is 1.44. The molecule has 6 heteroatoms. The van der Waals surface area contributed by atoms with Crippen molar-refractivity contribution in [1.29, 1.82) is 5.26 Å². The van der Waals surface area contributed by atoms with Crippen molar-refractivity contribution in [3.63, 3.8) is 0 Å². The van der Waals surface area contributed by atoms with Gasteiger partial charge < -0.3 is 15.9 Å². The lowest BCUT2D eigenvalue weighted by molar-refractivity contribution is 0.265. The van der Waals surface area contributed by atoms with Crippen molar-refractivity contribution in [2.45, 2.75) is 6.04 Å². The van der Waals surface area contributed by atoms with Crippen LogP contribution in [-0.4, -0.2) is 16.8 Å². The molecule has 0 heterocycles. The summed E-state index contributed by atoms with van der Waals surface area (Å²) in [6.07, 6.45) is 0. The summed E-state index contributed by atoms with van der Waals surface area (Å²) in [6, 6.07) is 4.23. The number of benzene rings is 1. The van der Waals surface area contributed by atoms with E-state index in [1.165, 1.54) is 6.07 Å². The third kappa shape index (κ3) is 2.83. The first kappa shape index (κ1) is 14.2. The van der Waals surface area contributed by atoms with Crippen LogP contribution in [0.5, 0.6) is 5.75 Å². The Balaban J connectivity index is 0.00000196. The average Bonchev–Trinajstić information content (AvgIpc) is 2.18. The lowest BCUT2D eigenvalue weighted by Crippen LogP contribution is -2.15. The Bertz CT molecular complexity index is 392. The summed E-state index contributed by atoms with van der Waals surface area (Å²) in [5, 5.41) is 27.1. The van der Waals surface area contributed by atoms with Crippen molar-refractivity contribution < 1.29 is 10.2 Å². The minimum Gasteiger partial charge on any atom is -0.506 e. The van der Waals surface area contributed by atoms with Crippen LogP contribution >= 0.6 is 28.3 Å². The Morgan fingerprint density at radius 3 is 2.60 bits per heavy atom. The summed E-state index contributed by atoms with van der Waals surface area (Å²) < 4.78 is 0.579. The van der Waals surface area contributed by atoms with Crippen molar-refractivity contribution in [2.24, 2.45) is 5.73 Å². The van der Waals surface area contributed by atoms with Crippen LogP contribution in [0.15, 0.2) is 16.6 Å². The van der Waals surface area contributed by atoms with Crippen LogP contribution in [0, 0.1) is 11.3 Å². The van der Waals surface area contributed by atoms with Crippen LogP contribution in [0.25, 0.3) is 0 Å². The van der Waals surface area contributed by atoms with E-state index in [0.29, 0.717) is 10.0 Å². The predicted molar refractivity (Wildman–Crippen MR) is 61.8 cm³/mol. The monoisotopic (exact) mass is 292 g/mol. The lowest BCUT2D eigenvalue weighted by Gasteiger charge is -2.13. The number of nitriles is 1. The van der Waals surface area contributed by atoms with Gasteiger partial charge in [0.25, 0.3) is 0 Å². The number of phenols is 1. The second-order valence-electron chi connectivity index (χ2n) is 2.76. The number of hydrogen-bond acceptors (Lipinski definition) is 4. The number of nitrogens with two attached hydrogens (primary N) is 1. The molecule has 0 aliphatic carbocycles. The zero-order valence-electron chi connectivity index (χ0n) is 7.64. The maximum absolute atomic E-state index is 9.63. The van der Waals surface area contributed by atoms with E-state index in [2.05, 4.69) is 15.9 Å². The van der Waals surface area contributed by atoms with Gasteiger partial charge in [0.05, 0.1) is 18.2 Å². The van der Waals surface area contributed by atoms with Crippen molar-refractivity contribution in [2.75, 3.05) is 6.61 Å². The van der Waals surface area contributed by atoms with Crippen LogP contribution in [0.2, 0.25) is 0 Å². The highest BCUT2D eigenvalue weighted by atomic mass is 79.9. The van der Waals surface area contributed by atoms with E-state index < -0.39 is 6.04 Å². The van der Waals surface area contributed by atoms with E-state index in [0.717, 1.165) is 0 Å². The standard InChI is InChI=1S/C9H9BrN2O2.ClH/c10-6-2-1-5(3-11)9(14)8(6)7(12)4-13;/h1-2,7,13-14H,4,12H2;1H/t7-;/m1./s1. The maximum Gasteiger partial charge on any atom is 0.139 e. The molecule has 0 aliphatic heterocycles. The molecule has 0 bridgehead atoms. The number of rotatable bonds is 2. The molecule has 0 amide bonds. The van der Waals surface area contributed by atoms with Crippen molar-refractivity contribution in [3.8, 4) is 11.8 Å². The molecule has 0 fully saturated rings. The van der Waals surface area contributed by atoms with E-state index in [-0.39, 0.29) is 30.3 Å². The Kier molecular flexibility index (Phi) is 5.61. The Morgan fingerprint density at radius 1 is 1.53 bits per heavy atom. The molecule has 0 unspecified atom stereocenters. The fourth-order valence-corrected chi connectivity index (χ4v) is 1.73. The number of phenolic OH excluding ortho intramolecular Hbond substituents is 1. The largest absolute Gasteiger partial charge is 0.506 e. The van der Waals surface area contributed by atoms with Crippen LogP contribution < -0.4 is 5.73 Å². The highest BCUT2D eigenvalue weighted by Gasteiger charge is 2.16. The zero-order valence-corrected chi connectivity index (χ0v) is 10.0. The van der Waals surface area contributed by atoms with Gasteiger partial charge in [-0.2, -0.15) is 5.26 Å². The maximum atomic E-state index is 9.63. The fraction of sp³-hybridized carbons (Fsp3) is 0.222. The van der Waals surface area contributed by atoms with Gasteiger partial charge >= 0.3 is 0 Å². The highest BCUT2D eigenvalue weighted by molar-refractivity contribution is 9.10. The van der Waals surface area contributed by atoms with Crippen LogP contribution in [0.3, 0.4) is 0 Å². The number of aromatic hydroxyl groups is 1. The SMILES string of the molecule is Cl.N#Cc1ccc(Br)c([C@H](N)CO)c1O. The van der Waals surface area contributed by atoms with E-state index in [9.17, 15) is 5.11 Å². The molecule has 1 aromatic carbocycles. The highest BCUT2D eigenvalue weighted by Crippen LogP contribution is 2.33. The second-order valence-corrected chi connectivity index (χ2v) is 3.61. The summed E-state index contributed by atoms with van der Waals surface area (Å²) in [4.78, 5) is 0. The van der Waals surface area contributed by atoms with Gasteiger partial charge in [-0.05, 0) is 12.1 Å². The molecule has 0 saturated heterocycles. The van der Waals surface area contributed by atoms with Crippen LogP contribution in [0.4, 0.5) is 0 Å². The topological polar surface area (TPSA) is 90.3 Å². The molecule has 0 spiro atoms. The molecule has 15 heavy (non-hydrogen) atoms. The number of aliphatic hydroxyl groups excluding tert-OH is 1. The molecule has 82 valence electrons. The molecular weight excluding hydrogens is 283 g/mol. The van der Waals surface area contributed by atoms with E-state index in [4.69, 9.17) is 16.1 Å². The molecule has 1 aromatic rings. The summed E-state index contributed by atoms with van der Waals surface area (Å²) in [7, 11) is 0. The first-order chi connectivity index (χ1) is 6.61. The molecule has 0 aliphatic rings. The first-order valence-corrected chi connectivity index (χ1v) is 4.69. The van der Waals surface area contributed by atoms with Gasteiger partial charge in [-0.3, -0.25) is 0 Å². The molecule has 1 atom stereocenters. The summed E-state index contributed by atoms with van der Waals surface area (Å²) in [5.41, 5.74) is 6.07. The van der Waals surface area contributed by atoms with Gasteiger partial charge in [0.15, 0.2) is 0 Å². The minimum absolute atomic E-state index is 0. The second kappa shape index (κ2) is 5.93.